The highest BCUT2D eigenvalue weighted by atomic mass is 16.1. The molecule has 0 saturated heterocycles. The molecule has 5 aromatic rings. The minimum atomic E-state index is 0.512. The Labute approximate surface area is 167 Å². The summed E-state index contributed by atoms with van der Waals surface area (Å²) in [5, 5.41) is 5.66. The van der Waals surface area contributed by atoms with Crippen molar-refractivity contribution in [1.82, 2.24) is 19.7 Å². The zero-order chi connectivity index (χ0) is 19.6. The number of carbonyl (C=O) groups excluding carboxylic acids is 1. The third-order valence-electron chi connectivity index (χ3n) is 4.79. The topological polar surface area (TPSA) is 60.7 Å². The van der Waals surface area contributed by atoms with Crippen molar-refractivity contribution in [3.8, 4) is 28.2 Å². The van der Waals surface area contributed by atoms with Gasteiger partial charge in [-0.05, 0) is 23.8 Å². The highest BCUT2D eigenvalue weighted by Gasteiger charge is 2.16. The third-order valence-corrected chi connectivity index (χ3v) is 4.79. The van der Waals surface area contributed by atoms with Crippen LogP contribution in [0.4, 0.5) is 0 Å². The zero-order valence-corrected chi connectivity index (χ0v) is 15.4. The Morgan fingerprint density at radius 3 is 2.28 bits per heavy atom. The van der Waals surface area contributed by atoms with Crippen molar-refractivity contribution < 1.29 is 4.79 Å². The number of carbonyl (C=O) groups is 1. The largest absolute Gasteiger partial charge is 0.298 e. The first kappa shape index (κ1) is 17.0. The average Bonchev–Trinajstić information content (AvgIpc) is 3.24. The molecule has 3 heterocycles. The van der Waals surface area contributed by atoms with Crippen molar-refractivity contribution in [3.05, 3.63) is 96.8 Å². The van der Waals surface area contributed by atoms with E-state index in [1.54, 1.807) is 17.1 Å². The fraction of sp³-hybridized carbons (Fsp3) is 0. The number of aromatic nitrogens is 4. The number of nitrogens with zero attached hydrogens (tertiary/aromatic N) is 4. The van der Waals surface area contributed by atoms with Gasteiger partial charge in [-0.1, -0.05) is 60.7 Å². The highest BCUT2D eigenvalue weighted by molar-refractivity contribution is 5.87. The number of rotatable bonds is 4. The van der Waals surface area contributed by atoms with E-state index < -0.39 is 0 Å². The first-order valence-corrected chi connectivity index (χ1v) is 9.25. The fourth-order valence-electron chi connectivity index (χ4n) is 3.40. The van der Waals surface area contributed by atoms with E-state index in [0.29, 0.717) is 22.7 Å². The Morgan fingerprint density at radius 1 is 0.828 bits per heavy atom. The van der Waals surface area contributed by atoms with Gasteiger partial charge in [0, 0.05) is 28.9 Å². The minimum absolute atomic E-state index is 0.512. The Kier molecular flexibility index (Phi) is 4.18. The molecule has 0 aliphatic rings. The van der Waals surface area contributed by atoms with E-state index in [0.717, 1.165) is 28.4 Å². The van der Waals surface area contributed by atoms with Gasteiger partial charge in [-0.2, -0.15) is 5.10 Å². The number of benzene rings is 2. The Balaban J connectivity index is 1.77. The summed E-state index contributed by atoms with van der Waals surface area (Å²) in [5.74, 6) is 0.632. The van der Waals surface area contributed by atoms with Gasteiger partial charge in [0.2, 0.25) is 0 Å². The quantitative estimate of drug-likeness (QED) is 0.416. The summed E-state index contributed by atoms with van der Waals surface area (Å²) < 4.78 is 1.67. The van der Waals surface area contributed by atoms with E-state index >= 15 is 0 Å². The van der Waals surface area contributed by atoms with E-state index in [1.165, 1.54) is 0 Å². The number of pyridine rings is 2. The van der Waals surface area contributed by atoms with E-state index in [4.69, 9.17) is 10.1 Å². The first-order chi connectivity index (χ1) is 14.3. The van der Waals surface area contributed by atoms with Crippen molar-refractivity contribution in [1.29, 1.82) is 0 Å². The molecule has 0 saturated carbocycles. The smallest absolute Gasteiger partial charge is 0.163 e. The van der Waals surface area contributed by atoms with Crippen LogP contribution in [0.15, 0.2) is 91.3 Å². The second-order valence-electron chi connectivity index (χ2n) is 6.64. The van der Waals surface area contributed by atoms with Gasteiger partial charge in [0.25, 0.3) is 0 Å². The lowest BCUT2D eigenvalue weighted by Crippen LogP contribution is -2.02. The maximum absolute atomic E-state index is 11.7. The summed E-state index contributed by atoms with van der Waals surface area (Å²) in [6.45, 7) is 0. The molecular formula is C24H16N4O. The molecule has 5 heteroatoms. The summed E-state index contributed by atoms with van der Waals surface area (Å²) >= 11 is 0. The predicted octanol–water partition coefficient (Wildman–Crippen LogP) is 4.96. The molecule has 0 bridgehead atoms. The summed E-state index contributed by atoms with van der Waals surface area (Å²) in [4.78, 5) is 20.9. The predicted molar refractivity (Wildman–Crippen MR) is 113 cm³/mol. The molecule has 0 spiro atoms. The van der Waals surface area contributed by atoms with Gasteiger partial charge in [-0.25, -0.2) is 14.6 Å². The monoisotopic (exact) mass is 376 g/mol. The summed E-state index contributed by atoms with van der Waals surface area (Å²) in [7, 11) is 0. The number of hydrogen-bond acceptors (Lipinski definition) is 4. The molecule has 29 heavy (non-hydrogen) atoms. The molecule has 3 aromatic heterocycles. The number of fused-ring (bicyclic) bond motifs is 1. The Hall–Kier alpha value is -4.12. The van der Waals surface area contributed by atoms with Crippen LogP contribution in [-0.4, -0.2) is 26.0 Å². The normalized spacial score (nSPS) is 10.9. The first-order valence-electron chi connectivity index (χ1n) is 9.25. The van der Waals surface area contributed by atoms with E-state index in [9.17, 15) is 4.79 Å². The highest BCUT2D eigenvalue weighted by Crippen LogP contribution is 2.30. The molecule has 5 rings (SSSR count). The molecule has 5 nitrogen and oxygen atoms in total. The average molecular weight is 376 g/mol. The van der Waals surface area contributed by atoms with E-state index in [1.807, 2.05) is 72.8 Å². The molecule has 2 aromatic carbocycles. The summed E-state index contributed by atoms with van der Waals surface area (Å²) in [6, 6.07) is 25.6. The zero-order valence-electron chi connectivity index (χ0n) is 15.4. The van der Waals surface area contributed by atoms with Crippen molar-refractivity contribution >= 4 is 17.3 Å². The summed E-state index contributed by atoms with van der Waals surface area (Å²) in [6.07, 6.45) is 4.27. The van der Waals surface area contributed by atoms with Crippen LogP contribution >= 0.6 is 0 Å². The Morgan fingerprint density at radius 2 is 1.55 bits per heavy atom. The van der Waals surface area contributed by atoms with Gasteiger partial charge >= 0.3 is 0 Å². The van der Waals surface area contributed by atoms with Crippen molar-refractivity contribution in [3.63, 3.8) is 0 Å². The van der Waals surface area contributed by atoms with Gasteiger partial charge in [-0.15, -0.1) is 0 Å². The van der Waals surface area contributed by atoms with Gasteiger partial charge in [0.1, 0.15) is 5.69 Å². The van der Waals surface area contributed by atoms with Crippen molar-refractivity contribution in [2.75, 3.05) is 0 Å². The van der Waals surface area contributed by atoms with Crippen LogP contribution in [0.25, 0.3) is 39.2 Å². The second kappa shape index (κ2) is 7.13. The van der Waals surface area contributed by atoms with Crippen LogP contribution in [-0.2, 0) is 0 Å². The maximum atomic E-state index is 11.7. The molecule has 0 radical (unpaired) electrons. The Bertz CT molecular complexity index is 1310. The fourth-order valence-corrected chi connectivity index (χ4v) is 3.40. The van der Waals surface area contributed by atoms with Crippen LogP contribution in [0.1, 0.15) is 10.4 Å². The molecule has 0 aliphatic carbocycles. The van der Waals surface area contributed by atoms with E-state index in [2.05, 4.69) is 11.1 Å². The lowest BCUT2D eigenvalue weighted by Gasteiger charge is -2.10. The molecule has 138 valence electrons. The van der Waals surface area contributed by atoms with Crippen LogP contribution in [0, 0.1) is 0 Å². The lowest BCUT2D eigenvalue weighted by molar-refractivity contribution is 0.112. The van der Waals surface area contributed by atoms with Gasteiger partial charge in [0.05, 0.1) is 5.56 Å². The molecule has 0 N–H and O–H groups in total. The van der Waals surface area contributed by atoms with Crippen LogP contribution in [0.2, 0.25) is 0 Å². The molecule has 0 atom stereocenters. The van der Waals surface area contributed by atoms with Gasteiger partial charge in [-0.3, -0.25) is 4.79 Å². The van der Waals surface area contributed by atoms with Crippen molar-refractivity contribution in [2.45, 2.75) is 0 Å². The number of hydrogen-bond donors (Lipinski definition) is 0. The molecule has 0 fully saturated rings. The van der Waals surface area contributed by atoms with E-state index in [-0.39, 0.29) is 0 Å². The van der Waals surface area contributed by atoms with Crippen LogP contribution < -0.4 is 0 Å². The van der Waals surface area contributed by atoms with Crippen molar-refractivity contribution in [2.24, 2.45) is 0 Å². The molecule has 0 amide bonds. The maximum Gasteiger partial charge on any atom is 0.163 e. The molecule has 0 aliphatic heterocycles. The minimum Gasteiger partial charge on any atom is -0.298 e. The van der Waals surface area contributed by atoms with Gasteiger partial charge in [0.15, 0.2) is 17.8 Å². The third kappa shape index (κ3) is 3.08. The lowest BCUT2D eigenvalue weighted by atomic mass is 10.1. The summed E-state index contributed by atoms with van der Waals surface area (Å²) in [5.41, 5.74) is 4.59. The van der Waals surface area contributed by atoms with Crippen LogP contribution in [0.3, 0.4) is 0 Å². The molecule has 0 unspecified atom stereocenters. The van der Waals surface area contributed by atoms with Crippen LogP contribution in [0.5, 0.6) is 0 Å². The molecular weight excluding hydrogens is 360 g/mol. The number of aldehydes is 1. The standard InChI is InChI=1S/C24H16N4O/c29-16-20-15-28(27-22(20)18-10-5-2-6-11-18)24-21(17-8-3-1-4-9-17)14-19-12-7-13-25-23(19)26-24/h1-16H. The SMILES string of the molecule is O=Cc1cn(-c2nc3ncccc3cc2-c2ccccc2)nc1-c1ccccc1. The van der Waals surface area contributed by atoms with Gasteiger partial charge < -0.3 is 0 Å². The second-order valence-corrected chi connectivity index (χ2v) is 6.64.